The Morgan fingerprint density at radius 1 is 1.16 bits per heavy atom. The lowest BCUT2D eigenvalue weighted by atomic mass is 9.85. The highest BCUT2D eigenvalue weighted by Crippen LogP contribution is 2.43. The number of aliphatic hydroxyl groups excluding tert-OH is 1. The Morgan fingerprint density at radius 2 is 1.97 bits per heavy atom. The van der Waals surface area contributed by atoms with Crippen molar-refractivity contribution < 1.29 is 23.8 Å². The molecule has 3 aromatic rings. The van der Waals surface area contributed by atoms with Gasteiger partial charge in [-0.15, -0.1) is 0 Å². The fourth-order valence-electron chi connectivity index (χ4n) is 5.88. The molecule has 1 amide bonds. The van der Waals surface area contributed by atoms with Gasteiger partial charge in [-0.05, 0) is 43.9 Å². The van der Waals surface area contributed by atoms with Crippen molar-refractivity contribution in [3.63, 3.8) is 0 Å². The Labute approximate surface area is 220 Å². The van der Waals surface area contributed by atoms with E-state index in [2.05, 4.69) is 19.4 Å². The summed E-state index contributed by atoms with van der Waals surface area (Å²) in [6.07, 6.45) is 7.30. The van der Waals surface area contributed by atoms with Gasteiger partial charge in [0.2, 0.25) is 5.91 Å². The van der Waals surface area contributed by atoms with Crippen LogP contribution in [0, 0.1) is 5.82 Å². The number of hydrogen-bond acceptors (Lipinski definition) is 8. The molecule has 11 heteroatoms. The predicted octanol–water partition coefficient (Wildman–Crippen LogP) is 2.22. The van der Waals surface area contributed by atoms with E-state index in [1.165, 1.54) is 12.4 Å². The van der Waals surface area contributed by atoms with E-state index in [-0.39, 0.29) is 23.9 Å². The Kier molecular flexibility index (Phi) is 6.89. The number of halogens is 1. The summed E-state index contributed by atoms with van der Waals surface area (Å²) in [6.45, 7) is 3.59. The second kappa shape index (κ2) is 10.5. The minimum atomic E-state index is -0.440. The normalized spacial score (nSPS) is 24.1. The van der Waals surface area contributed by atoms with Gasteiger partial charge in [-0.2, -0.15) is 0 Å². The Bertz CT molecular complexity index is 1310. The molecule has 6 rings (SSSR count). The number of ether oxygens (including phenoxy) is 2. The first-order valence-electron chi connectivity index (χ1n) is 13.3. The van der Waals surface area contributed by atoms with Gasteiger partial charge in [-0.25, -0.2) is 14.4 Å². The molecule has 3 N–H and O–H groups in total. The van der Waals surface area contributed by atoms with E-state index in [1.807, 2.05) is 6.20 Å². The van der Waals surface area contributed by atoms with E-state index in [0.29, 0.717) is 59.5 Å². The second-order valence-corrected chi connectivity index (χ2v) is 10.3. The van der Waals surface area contributed by atoms with Gasteiger partial charge >= 0.3 is 0 Å². The largest absolute Gasteiger partial charge is 0.491 e. The third-order valence-electron chi connectivity index (χ3n) is 8.13. The van der Waals surface area contributed by atoms with Crippen LogP contribution in [-0.2, 0) is 9.53 Å². The number of aromatic nitrogens is 3. The molecule has 38 heavy (non-hydrogen) atoms. The van der Waals surface area contributed by atoms with Gasteiger partial charge in [0.05, 0.1) is 11.5 Å². The first kappa shape index (κ1) is 25.0. The molecule has 0 radical (unpaired) electrons. The van der Waals surface area contributed by atoms with E-state index in [4.69, 9.17) is 20.3 Å². The van der Waals surface area contributed by atoms with Crippen LogP contribution in [0.25, 0.3) is 22.2 Å². The van der Waals surface area contributed by atoms with Gasteiger partial charge in [0.15, 0.2) is 0 Å². The smallest absolute Gasteiger partial charge is 0.248 e. The number of amides is 1. The van der Waals surface area contributed by atoms with Gasteiger partial charge in [-0.3, -0.25) is 9.69 Å². The van der Waals surface area contributed by atoms with Crippen LogP contribution in [0.2, 0.25) is 0 Å². The van der Waals surface area contributed by atoms with E-state index in [0.717, 1.165) is 45.4 Å². The molecule has 1 aromatic carbocycles. The fourth-order valence-corrected chi connectivity index (χ4v) is 5.88. The molecule has 2 aliphatic heterocycles. The summed E-state index contributed by atoms with van der Waals surface area (Å²) in [5.74, 6) is 0.317. The van der Waals surface area contributed by atoms with Crippen LogP contribution in [0.1, 0.15) is 31.7 Å². The number of carbonyl (C=O) groups is 1. The van der Waals surface area contributed by atoms with Crippen molar-refractivity contribution in [1.29, 1.82) is 0 Å². The third-order valence-corrected chi connectivity index (χ3v) is 8.13. The van der Waals surface area contributed by atoms with Crippen molar-refractivity contribution in [3.8, 4) is 16.9 Å². The van der Waals surface area contributed by atoms with Gasteiger partial charge in [0, 0.05) is 62.2 Å². The van der Waals surface area contributed by atoms with Crippen molar-refractivity contribution in [2.45, 2.75) is 43.9 Å². The number of anilines is 1. The molecule has 3 fully saturated rings. The Balaban J connectivity index is 1.21. The number of aliphatic hydroxyl groups is 1. The average Bonchev–Trinajstić information content (AvgIpc) is 3.57. The topological polar surface area (TPSA) is 119 Å². The number of nitrogen functional groups attached to an aromatic ring is 1. The van der Waals surface area contributed by atoms with Crippen LogP contribution < -0.4 is 10.5 Å². The number of benzene rings is 1. The minimum absolute atomic E-state index is 0.0687. The molecule has 2 aromatic heterocycles. The van der Waals surface area contributed by atoms with Crippen LogP contribution in [0.3, 0.4) is 0 Å². The number of rotatable bonds is 7. The monoisotopic (exact) mass is 524 g/mol. The lowest BCUT2D eigenvalue weighted by Gasteiger charge is -2.46. The lowest BCUT2D eigenvalue weighted by molar-refractivity contribution is -0.136. The maximum absolute atomic E-state index is 15.2. The average molecular weight is 525 g/mol. The number of fused-ring (bicyclic) bond motifs is 1. The predicted molar refractivity (Wildman–Crippen MR) is 139 cm³/mol. The van der Waals surface area contributed by atoms with Gasteiger partial charge in [0.1, 0.15) is 42.6 Å². The summed E-state index contributed by atoms with van der Waals surface area (Å²) in [5.41, 5.74) is 8.04. The third kappa shape index (κ3) is 4.70. The van der Waals surface area contributed by atoms with E-state index < -0.39 is 6.61 Å². The highest BCUT2D eigenvalue weighted by molar-refractivity contribution is 6.01. The van der Waals surface area contributed by atoms with Crippen molar-refractivity contribution in [2.75, 3.05) is 51.7 Å². The maximum atomic E-state index is 15.2. The zero-order valence-electron chi connectivity index (χ0n) is 21.3. The molecule has 1 unspecified atom stereocenters. The van der Waals surface area contributed by atoms with Crippen molar-refractivity contribution >= 4 is 22.8 Å². The number of hydrogen-bond donors (Lipinski definition) is 2. The fraction of sp³-hybridized carbons (Fsp3) is 0.519. The summed E-state index contributed by atoms with van der Waals surface area (Å²) in [5, 5.41) is 9.75. The van der Waals surface area contributed by atoms with Crippen LogP contribution in [-0.4, -0.2) is 93.5 Å². The Hall–Kier alpha value is -3.28. The highest BCUT2D eigenvalue weighted by Gasteiger charge is 2.37. The highest BCUT2D eigenvalue weighted by atomic mass is 19.1. The molecule has 0 spiro atoms. The number of carbonyl (C=O) groups excluding carboxylic acids is 1. The number of nitrogens with two attached hydrogens (primary N) is 1. The SMILES string of the molecule is Nc1ncnc2c1c(-c1cc(OCC3CCCO3)ccc1F)cn2C1CC(N2CCN(C(=O)CO)CC2)C1. The maximum Gasteiger partial charge on any atom is 0.248 e. The van der Waals surface area contributed by atoms with E-state index >= 15 is 4.39 Å². The summed E-state index contributed by atoms with van der Waals surface area (Å²) in [7, 11) is 0. The van der Waals surface area contributed by atoms with E-state index in [9.17, 15) is 4.79 Å². The van der Waals surface area contributed by atoms with Crippen molar-refractivity contribution in [1.82, 2.24) is 24.3 Å². The van der Waals surface area contributed by atoms with Gasteiger partial charge < -0.3 is 29.8 Å². The first-order chi connectivity index (χ1) is 18.5. The molecule has 1 aliphatic carbocycles. The molecule has 202 valence electrons. The second-order valence-electron chi connectivity index (χ2n) is 10.3. The lowest BCUT2D eigenvalue weighted by Crippen LogP contribution is -2.55. The summed E-state index contributed by atoms with van der Waals surface area (Å²) in [4.78, 5) is 24.6. The van der Waals surface area contributed by atoms with Crippen LogP contribution in [0.4, 0.5) is 10.2 Å². The van der Waals surface area contributed by atoms with Crippen LogP contribution >= 0.6 is 0 Å². The van der Waals surface area contributed by atoms with Crippen molar-refractivity contribution in [2.24, 2.45) is 0 Å². The van der Waals surface area contributed by atoms with Crippen molar-refractivity contribution in [3.05, 3.63) is 36.5 Å². The zero-order valence-corrected chi connectivity index (χ0v) is 21.3. The standard InChI is InChI=1S/C27H33FN6O4/c28-23-4-3-19(38-15-20-2-1-9-37-20)12-21(23)22-13-34(27-25(22)26(29)30-16-31-27)18-10-17(11-18)32-5-7-33(8-6-32)24(36)14-35/h3-4,12-13,16-18,20,35H,1-2,5-11,14-15H2,(H2,29,30,31). The number of piperazine rings is 1. The molecular weight excluding hydrogens is 491 g/mol. The summed E-state index contributed by atoms with van der Waals surface area (Å²) < 4.78 is 28.8. The van der Waals surface area contributed by atoms with Gasteiger partial charge in [-0.1, -0.05) is 0 Å². The van der Waals surface area contributed by atoms with E-state index in [1.54, 1.807) is 17.0 Å². The van der Waals surface area contributed by atoms with Crippen LogP contribution in [0.15, 0.2) is 30.7 Å². The summed E-state index contributed by atoms with van der Waals surface area (Å²) in [6, 6.07) is 5.37. The zero-order chi connectivity index (χ0) is 26.2. The molecule has 1 atom stereocenters. The van der Waals surface area contributed by atoms with Crippen LogP contribution in [0.5, 0.6) is 5.75 Å². The molecule has 10 nitrogen and oxygen atoms in total. The summed E-state index contributed by atoms with van der Waals surface area (Å²) >= 11 is 0. The molecular formula is C27H33FN6O4. The Morgan fingerprint density at radius 3 is 2.71 bits per heavy atom. The molecule has 0 bridgehead atoms. The first-order valence-corrected chi connectivity index (χ1v) is 13.3. The molecule has 4 heterocycles. The molecule has 3 aliphatic rings. The molecule has 1 saturated carbocycles. The number of nitrogens with zero attached hydrogens (tertiary/aromatic N) is 5. The van der Waals surface area contributed by atoms with Gasteiger partial charge in [0.25, 0.3) is 0 Å². The minimum Gasteiger partial charge on any atom is -0.491 e. The molecule has 2 saturated heterocycles. The quantitative estimate of drug-likeness (QED) is 0.483.